The molecule has 31 heavy (non-hydrogen) atoms. The van der Waals surface area contributed by atoms with Gasteiger partial charge in [-0.3, -0.25) is 4.57 Å². The van der Waals surface area contributed by atoms with Gasteiger partial charge in [0.2, 0.25) is 5.88 Å². The van der Waals surface area contributed by atoms with E-state index in [9.17, 15) is 0 Å². The largest absolute Gasteiger partial charge is 0.494 e. The van der Waals surface area contributed by atoms with E-state index in [1.807, 2.05) is 60.2 Å². The number of aromatic nitrogens is 4. The quantitative estimate of drug-likeness (QED) is 0.401. The second-order valence-corrected chi connectivity index (χ2v) is 7.05. The van der Waals surface area contributed by atoms with Gasteiger partial charge in [-0.25, -0.2) is 15.0 Å². The molecule has 3 heterocycles. The summed E-state index contributed by atoms with van der Waals surface area (Å²) < 4.78 is 22.1. The third kappa shape index (κ3) is 3.96. The Labute approximate surface area is 184 Å². The number of fused-ring (bicyclic) bond motifs is 1. The summed E-state index contributed by atoms with van der Waals surface area (Å²) in [6.07, 6.45) is 3.64. The molecule has 1 aromatic carbocycles. The number of ether oxygens (including phenoxy) is 3. The van der Waals surface area contributed by atoms with Crippen molar-refractivity contribution in [2.75, 3.05) is 31.8 Å². The van der Waals surface area contributed by atoms with Crippen LogP contribution in [-0.4, -0.2) is 46.6 Å². The normalized spacial score (nSPS) is 10.8. The third-order valence-corrected chi connectivity index (χ3v) is 5.03. The van der Waals surface area contributed by atoms with Gasteiger partial charge in [-0.05, 0) is 31.2 Å². The van der Waals surface area contributed by atoms with Gasteiger partial charge in [-0.1, -0.05) is 24.1 Å². The Balaban J connectivity index is 2.05. The highest BCUT2D eigenvalue weighted by Crippen LogP contribution is 2.39. The summed E-state index contributed by atoms with van der Waals surface area (Å²) in [6, 6.07) is 13.3. The molecule has 0 amide bonds. The molecule has 0 aliphatic rings. The second kappa shape index (κ2) is 9.13. The number of pyridine rings is 1. The highest BCUT2D eigenvalue weighted by molar-refractivity contribution is 7.99. The number of benzene rings is 1. The fourth-order valence-corrected chi connectivity index (χ4v) is 3.68. The molecule has 3 aromatic heterocycles. The van der Waals surface area contributed by atoms with Crippen LogP contribution in [0.15, 0.2) is 48.7 Å². The van der Waals surface area contributed by atoms with Gasteiger partial charge in [0.25, 0.3) is 0 Å². The minimum atomic E-state index is 0.534. The molecule has 0 saturated heterocycles. The predicted molar refractivity (Wildman–Crippen MR) is 124 cm³/mol. The lowest BCUT2D eigenvalue weighted by Crippen LogP contribution is -2.05. The number of hydrogen-bond donors (Lipinski definition) is 1. The fourth-order valence-electron chi connectivity index (χ4n) is 3.37. The molecule has 0 aliphatic heterocycles. The number of hydrogen-bond acceptors (Lipinski definition) is 8. The molecular weight excluding hydrogens is 414 g/mol. The van der Waals surface area contributed by atoms with Crippen LogP contribution >= 0.6 is 11.9 Å². The standard InChI is InChI=1S/C22H23N5O3S/c1-5-30-20-11-6-8-14(24-20)16-12-15-22(25-19(13-23-15)26-31-4)27(16)21-17(28-2)9-7-10-18(21)29-3/h6-13H,5H2,1-4H3,(H,25,26). The maximum atomic E-state index is 5.68. The Morgan fingerprint density at radius 1 is 1.03 bits per heavy atom. The van der Waals surface area contributed by atoms with Gasteiger partial charge in [0, 0.05) is 12.3 Å². The van der Waals surface area contributed by atoms with E-state index in [2.05, 4.69) is 14.7 Å². The Morgan fingerprint density at radius 3 is 2.45 bits per heavy atom. The van der Waals surface area contributed by atoms with Crippen molar-refractivity contribution in [1.82, 2.24) is 19.5 Å². The smallest absolute Gasteiger partial charge is 0.213 e. The van der Waals surface area contributed by atoms with E-state index in [4.69, 9.17) is 19.2 Å². The van der Waals surface area contributed by atoms with Crippen LogP contribution in [0.4, 0.5) is 5.82 Å². The van der Waals surface area contributed by atoms with E-state index in [1.165, 1.54) is 11.9 Å². The van der Waals surface area contributed by atoms with E-state index < -0.39 is 0 Å². The maximum Gasteiger partial charge on any atom is 0.213 e. The summed E-state index contributed by atoms with van der Waals surface area (Å²) in [5, 5.41) is 0. The minimum absolute atomic E-state index is 0.534. The summed E-state index contributed by atoms with van der Waals surface area (Å²) in [6.45, 7) is 2.46. The zero-order valence-corrected chi connectivity index (χ0v) is 18.6. The first-order valence-electron chi connectivity index (χ1n) is 9.69. The van der Waals surface area contributed by atoms with Gasteiger partial charge in [0.15, 0.2) is 11.5 Å². The summed E-state index contributed by atoms with van der Waals surface area (Å²) in [7, 11) is 3.26. The molecule has 0 saturated carbocycles. The second-order valence-electron chi connectivity index (χ2n) is 6.44. The van der Waals surface area contributed by atoms with Gasteiger partial charge >= 0.3 is 0 Å². The van der Waals surface area contributed by atoms with Crippen molar-refractivity contribution in [2.24, 2.45) is 0 Å². The van der Waals surface area contributed by atoms with Crippen molar-refractivity contribution in [3.8, 4) is 34.5 Å². The van der Waals surface area contributed by atoms with E-state index in [-0.39, 0.29) is 0 Å². The average Bonchev–Trinajstić information content (AvgIpc) is 3.17. The summed E-state index contributed by atoms with van der Waals surface area (Å²) in [5.41, 5.74) is 3.61. The van der Waals surface area contributed by atoms with Gasteiger partial charge in [0.1, 0.15) is 22.7 Å². The van der Waals surface area contributed by atoms with Crippen molar-refractivity contribution in [3.63, 3.8) is 0 Å². The zero-order chi connectivity index (χ0) is 21.8. The van der Waals surface area contributed by atoms with Gasteiger partial charge < -0.3 is 18.9 Å². The molecule has 4 aromatic rings. The molecule has 9 heteroatoms. The maximum absolute atomic E-state index is 5.68. The van der Waals surface area contributed by atoms with Crippen molar-refractivity contribution in [3.05, 3.63) is 48.7 Å². The Bertz CT molecular complexity index is 1190. The summed E-state index contributed by atoms with van der Waals surface area (Å²) in [4.78, 5) is 14.1. The van der Waals surface area contributed by atoms with Gasteiger partial charge in [0.05, 0.1) is 38.4 Å². The lowest BCUT2D eigenvalue weighted by atomic mass is 10.2. The molecule has 0 fully saturated rings. The average molecular weight is 438 g/mol. The fraction of sp³-hybridized carbons (Fsp3) is 0.227. The van der Waals surface area contributed by atoms with Gasteiger partial charge in [-0.2, -0.15) is 0 Å². The zero-order valence-electron chi connectivity index (χ0n) is 17.7. The monoisotopic (exact) mass is 437 g/mol. The lowest BCUT2D eigenvalue weighted by molar-refractivity contribution is 0.327. The summed E-state index contributed by atoms with van der Waals surface area (Å²) >= 11 is 1.45. The predicted octanol–water partition coefficient (Wildman–Crippen LogP) is 4.59. The van der Waals surface area contributed by atoms with Crippen molar-refractivity contribution >= 4 is 28.9 Å². The molecule has 0 spiro atoms. The minimum Gasteiger partial charge on any atom is -0.494 e. The van der Waals surface area contributed by atoms with Crippen LogP contribution < -0.4 is 18.9 Å². The molecular formula is C22H23N5O3S. The highest BCUT2D eigenvalue weighted by atomic mass is 32.2. The first-order valence-corrected chi connectivity index (χ1v) is 10.9. The molecule has 160 valence electrons. The molecule has 0 radical (unpaired) electrons. The molecule has 4 rings (SSSR count). The SMILES string of the molecule is CCOc1cccc(-c2cc3ncc(NSC)nc3n2-c2c(OC)cccc2OC)n1. The number of nitrogens with zero attached hydrogens (tertiary/aromatic N) is 4. The first-order chi connectivity index (χ1) is 15.2. The summed E-state index contributed by atoms with van der Waals surface area (Å²) in [5.74, 6) is 2.48. The van der Waals surface area contributed by atoms with Crippen LogP contribution in [-0.2, 0) is 0 Å². The number of anilines is 1. The van der Waals surface area contributed by atoms with Crippen LogP contribution in [0.1, 0.15) is 6.92 Å². The number of rotatable bonds is 8. The topological polar surface area (TPSA) is 83.3 Å². The molecule has 0 aliphatic carbocycles. The highest BCUT2D eigenvalue weighted by Gasteiger charge is 2.22. The van der Waals surface area contributed by atoms with E-state index in [0.717, 1.165) is 22.6 Å². The number of nitrogens with one attached hydrogen (secondary N) is 1. The van der Waals surface area contributed by atoms with Crippen molar-refractivity contribution < 1.29 is 14.2 Å². The molecule has 1 N–H and O–H groups in total. The van der Waals surface area contributed by atoms with Crippen LogP contribution in [0.5, 0.6) is 17.4 Å². The Kier molecular flexibility index (Phi) is 6.13. The molecule has 0 unspecified atom stereocenters. The third-order valence-electron chi connectivity index (χ3n) is 4.62. The van der Waals surface area contributed by atoms with E-state index in [1.54, 1.807) is 20.4 Å². The number of methoxy groups -OCH3 is 2. The lowest BCUT2D eigenvalue weighted by Gasteiger charge is -2.17. The van der Waals surface area contributed by atoms with Crippen LogP contribution in [0.25, 0.3) is 28.2 Å². The van der Waals surface area contributed by atoms with Crippen LogP contribution in [0.3, 0.4) is 0 Å². The van der Waals surface area contributed by atoms with Crippen LogP contribution in [0, 0.1) is 0 Å². The number of para-hydroxylation sites is 1. The van der Waals surface area contributed by atoms with Crippen molar-refractivity contribution in [1.29, 1.82) is 0 Å². The van der Waals surface area contributed by atoms with E-state index >= 15 is 0 Å². The van der Waals surface area contributed by atoms with E-state index in [0.29, 0.717) is 35.5 Å². The van der Waals surface area contributed by atoms with Crippen molar-refractivity contribution in [2.45, 2.75) is 6.92 Å². The Morgan fingerprint density at radius 2 is 1.77 bits per heavy atom. The molecule has 0 bridgehead atoms. The first kappa shape index (κ1) is 20.8. The van der Waals surface area contributed by atoms with Crippen LogP contribution in [0.2, 0.25) is 0 Å². The van der Waals surface area contributed by atoms with Gasteiger partial charge in [-0.15, -0.1) is 0 Å². The Hall–Kier alpha value is -3.46. The molecule has 0 atom stereocenters. The molecule has 8 nitrogen and oxygen atoms in total.